The predicted octanol–water partition coefficient (Wildman–Crippen LogP) is 1.26. The Kier molecular flexibility index (Phi) is 4.75. The Labute approximate surface area is 125 Å². The molecule has 1 aliphatic carbocycles. The van der Waals surface area contributed by atoms with Crippen molar-refractivity contribution in [3.63, 3.8) is 0 Å². The first-order valence-electron chi connectivity index (χ1n) is 7.54. The molecule has 0 aromatic heterocycles. The number of aliphatic hydroxyl groups is 1. The van der Waals surface area contributed by atoms with E-state index in [0.29, 0.717) is 18.1 Å². The van der Waals surface area contributed by atoms with Crippen molar-refractivity contribution in [2.45, 2.75) is 18.9 Å². The van der Waals surface area contributed by atoms with E-state index in [1.165, 1.54) is 6.26 Å². The Morgan fingerprint density at radius 1 is 1.29 bits per heavy atom. The molecule has 2 heterocycles. The fourth-order valence-electron chi connectivity index (χ4n) is 2.66. The summed E-state index contributed by atoms with van der Waals surface area (Å²) in [5.74, 6) is 1.19. The number of nitrogens with one attached hydrogen (secondary N) is 1. The molecular formula is C16H22N2O3. The average Bonchev–Trinajstić information content (AvgIpc) is 2.57. The average molecular weight is 290 g/mol. The minimum absolute atomic E-state index is 0.487. The molecule has 1 unspecified atom stereocenters. The van der Waals surface area contributed by atoms with Crippen LogP contribution in [0.3, 0.4) is 0 Å². The van der Waals surface area contributed by atoms with Gasteiger partial charge in [0.15, 0.2) is 11.5 Å². The lowest BCUT2D eigenvalue weighted by molar-refractivity contribution is 0.0739. The van der Waals surface area contributed by atoms with Crippen molar-refractivity contribution in [3.05, 3.63) is 47.8 Å². The van der Waals surface area contributed by atoms with Crippen LogP contribution in [0.2, 0.25) is 0 Å². The van der Waals surface area contributed by atoms with Gasteiger partial charge in [0.05, 0.1) is 0 Å². The zero-order valence-electron chi connectivity index (χ0n) is 12.1. The van der Waals surface area contributed by atoms with E-state index in [1.807, 2.05) is 12.2 Å². The highest BCUT2D eigenvalue weighted by atomic mass is 16.6. The van der Waals surface area contributed by atoms with Crippen LogP contribution in [0.25, 0.3) is 0 Å². The van der Waals surface area contributed by atoms with Gasteiger partial charge in [0.2, 0.25) is 0 Å². The van der Waals surface area contributed by atoms with Crippen molar-refractivity contribution in [3.8, 4) is 0 Å². The van der Waals surface area contributed by atoms with Gasteiger partial charge in [-0.15, -0.1) is 0 Å². The van der Waals surface area contributed by atoms with Crippen molar-refractivity contribution >= 4 is 0 Å². The number of piperazine rings is 1. The summed E-state index contributed by atoms with van der Waals surface area (Å²) in [7, 11) is 0. The molecule has 3 rings (SSSR count). The molecule has 5 nitrogen and oxygen atoms in total. The molecule has 0 saturated carbocycles. The third-order valence-corrected chi connectivity index (χ3v) is 3.89. The topological polar surface area (TPSA) is 54.0 Å². The summed E-state index contributed by atoms with van der Waals surface area (Å²) in [6, 6.07) is 0. The molecule has 2 aliphatic heterocycles. The third-order valence-electron chi connectivity index (χ3n) is 3.89. The fraction of sp³-hybridized carbons (Fsp3) is 0.500. The molecule has 3 aliphatic rings. The van der Waals surface area contributed by atoms with Crippen LogP contribution in [-0.2, 0) is 9.47 Å². The molecule has 0 bridgehead atoms. The molecule has 0 spiro atoms. The molecular weight excluding hydrogens is 268 g/mol. The molecule has 1 atom stereocenters. The van der Waals surface area contributed by atoms with Gasteiger partial charge in [-0.2, -0.15) is 0 Å². The third kappa shape index (κ3) is 3.75. The molecule has 21 heavy (non-hydrogen) atoms. The van der Waals surface area contributed by atoms with Gasteiger partial charge in [-0.05, 0) is 18.4 Å². The maximum Gasteiger partial charge on any atom is 0.169 e. The van der Waals surface area contributed by atoms with Gasteiger partial charge in [0, 0.05) is 32.7 Å². The lowest BCUT2D eigenvalue weighted by Gasteiger charge is -2.30. The lowest BCUT2D eigenvalue weighted by atomic mass is 10.0. The van der Waals surface area contributed by atoms with E-state index >= 15 is 0 Å². The molecule has 0 amide bonds. The number of hydrogen-bond donors (Lipinski definition) is 2. The Bertz CT molecular complexity index is 488. The van der Waals surface area contributed by atoms with Gasteiger partial charge in [-0.25, -0.2) is 0 Å². The summed E-state index contributed by atoms with van der Waals surface area (Å²) in [6.45, 7) is 4.40. The summed E-state index contributed by atoms with van der Waals surface area (Å²) in [4.78, 5) is 2.23. The summed E-state index contributed by atoms with van der Waals surface area (Å²) in [5.41, 5.74) is 1.11. The number of aliphatic hydroxyl groups excluding tert-OH is 1. The molecule has 2 N–H and O–H groups in total. The lowest BCUT2D eigenvalue weighted by Crippen LogP contribution is -2.46. The number of allylic oxidation sites excluding steroid dienone is 4. The number of rotatable bonds is 4. The van der Waals surface area contributed by atoms with Crippen molar-refractivity contribution in [2.75, 3.05) is 32.7 Å². The van der Waals surface area contributed by atoms with Gasteiger partial charge in [-0.1, -0.05) is 18.2 Å². The maximum absolute atomic E-state index is 10.3. The second-order valence-corrected chi connectivity index (χ2v) is 5.47. The first-order valence-corrected chi connectivity index (χ1v) is 7.54. The Morgan fingerprint density at radius 3 is 2.90 bits per heavy atom. The number of ether oxygens (including phenoxy) is 2. The van der Waals surface area contributed by atoms with E-state index in [2.05, 4.69) is 16.3 Å². The standard InChI is InChI=1S/C16H22N2O3/c19-14(10-18-8-6-17-7-9-18)16-12-20-11-15(21-16)13-4-2-1-3-5-13/h1-2,4,11-12,14,17,19H,3,5-10H2. The van der Waals surface area contributed by atoms with E-state index in [1.54, 1.807) is 6.26 Å². The first-order chi connectivity index (χ1) is 10.3. The minimum atomic E-state index is -0.661. The van der Waals surface area contributed by atoms with Crippen LogP contribution in [0, 0.1) is 0 Å². The number of β-amino-alcohol motifs (C(OH)–C–C–N with tert-alkyl or cyclic N) is 1. The zero-order valence-corrected chi connectivity index (χ0v) is 12.1. The van der Waals surface area contributed by atoms with Crippen molar-refractivity contribution in [1.82, 2.24) is 10.2 Å². The highest BCUT2D eigenvalue weighted by Gasteiger charge is 2.23. The van der Waals surface area contributed by atoms with Crippen LogP contribution >= 0.6 is 0 Å². The smallest absolute Gasteiger partial charge is 0.169 e. The number of hydrogen-bond acceptors (Lipinski definition) is 5. The van der Waals surface area contributed by atoms with E-state index in [-0.39, 0.29) is 0 Å². The van der Waals surface area contributed by atoms with Crippen LogP contribution in [-0.4, -0.2) is 48.8 Å². The SMILES string of the molecule is OC(CN1CCNCC1)C1=COC=C(C2=CC=CCC2)O1. The minimum Gasteiger partial charge on any atom is -0.465 e. The molecule has 5 heteroatoms. The second-order valence-electron chi connectivity index (χ2n) is 5.47. The van der Waals surface area contributed by atoms with Crippen molar-refractivity contribution in [1.29, 1.82) is 0 Å². The quantitative estimate of drug-likeness (QED) is 0.816. The number of nitrogens with zero attached hydrogens (tertiary/aromatic N) is 1. The van der Waals surface area contributed by atoms with Gasteiger partial charge in [0.25, 0.3) is 0 Å². The molecule has 1 saturated heterocycles. The molecule has 0 radical (unpaired) electrons. The van der Waals surface area contributed by atoms with Gasteiger partial charge in [0.1, 0.15) is 18.6 Å². The first kappa shape index (κ1) is 14.4. The van der Waals surface area contributed by atoms with Gasteiger partial charge < -0.3 is 19.9 Å². The van der Waals surface area contributed by atoms with Gasteiger partial charge >= 0.3 is 0 Å². The maximum atomic E-state index is 10.3. The highest BCUT2D eigenvalue weighted by Crippen LogP contribution is 2.27. The van der Waals surface area contributed by atoms with Crippen LogP contribution in [0.5, 0.6) is 0 Å². The highest BCUT2D eigenvalue weighted by molar-refractivity contribution is 5.33. The van der Waals surface area contributed by atoms with Crippen LogP contribution < -0.4 is 5.32 Å². The summed E-state index contributed by atoms with van der Waals surface area (Å²) < 4.78 is 11.2. The largest absolute Gasteiger partial charge is 0.465 e. The molecule has 0 aromatic rings. The molecule has 1 fully saturated rings. The van der Waals surface area contributed by atoms with Crippen molar-refractivity contribution in [2.24, 2.45) is 0 Å². The van der Waals surface area contributed by atoms with Crippen molar-refractivity contribution < 1.29 is 14.6 Å². The van der Waals surface area contributed by atoms with E-state index < -0.39 is 6.10 Å². The van der Waals surface area contributed by atoms with Crippen LogP contribution in [0.1, 0.15) is 12.8 Å². The monoisotopic (exact) mass is 290 g/mol. The Balaban J connectivity index is 1.57. The Morgan fingerprint density at radius 2 is 2.14 bits per heavy atom. The van der Waals surface area contributed by atoms with Gasteiger partial charge in [-0.3, -0.25) is 4.90 Å². The van der Waals surface area contributed by atoms with E-state index in [0.717, 1.165) is 44.6 Å². The Hall–Kier alpha value is -1.56. The van der Waals surface area contributed by atoms with E-state index in [9.17, 15) is 5.11 Å². The summed E-state index contributed by atoms with van der Waals surface area (Å²) in [5, 5.41) is 13.6. The molecule has 114 valence electrons. The van der Waals surface area contributed by atoms with E-state index in [4.69, 9.17) is 9.47 Å². The van der Waals surface area contributed by atoms with Crippen LogP contribution in [0.4, 0.5) is 0 Å². The summed E-state index contributed by atoms with van der Waals surface area (Å²) >= 11 is 0. The second kappa shape index (κ2) is 6.93. The zero-order chi connectivity index (χ0) is 14.5. The summed E-state index contributed by atoms with van der Waals surface area (Å²) in [6.07, 6.45) is 10.6. The molecule has 0 aromatic carbocycles. The van der Waals surface area contributed by atoms with Crippen LogP contribution in [0.15, 0.2) is 47.8 Å². The predicted molar refractivity (Wildman–Crippen MR) is 80.1 cm³/mol. The normalized spacial score (nSPS) is 24.3. The fourth-order valence-corrected chi connectivity index (χ4v) is 2.66.